The van der Waals surface area contributed by atoms with Crippen molar-refractivity contribution in [3.05, 3.63) is 59.0 Å². The lowest BCUT2D eigenvalue weighted by molar-refractivity contribution is -0.384. The summed E-state index contributed by atoms with van der Waals surface area (Å²) in [6, 6.07) is 9.32. The number of nitrogens with two attached hydrogens (primary N) is 1. The Balaban J connectivity index is 2.01. The van der Waals surface area contributed by atoms with Crippen LogP contribution in [0, 0.1) is 10.1 Å². The van der Waals surface area contributed by atoms with Gasteiger partial charge in [0.1, 0.15) is 12.7 Å². The molecule has 3 rings (SSSR count). The Morgan fingerprint density at radius 3 is 2.65 bits per heavy atom. The van der Waals surface area contributed by atoms with Crippen molar-refractivity contribution in [1.29, 1.82) is 0 Å². The van der Waals surface area contributed by atoms with Crippen LogP contribution in [0.15, 0.2) is 48.9 Å². The van der Waals surface area contributed by atoms with Gasteiger partial charge < -0.3 is 5.73 Å². The number of nitro groups is 1. The maximum absolute atomic E-state index is 11.2. The predicted octanol–water partition coefficient (Wildman–Crippen LogP) is 1.13. The van der Waals surface area contributed by atoms with Gasteiger partial charge in [-0.25, -0.2) is 4.68 Å². The molecule has 1 amide bonds. The molecule has 0 radical (unpaired) electrons. The van der Waals surface area contributed by atoms with E-state index in [9.17, 15) is 14.9 Å². The van der Waals surface area contributed by atoms with Crippen molar-refractivity contribution in [2.45, 2.75) is 6.54 Å². The number of amides is 1. The Morgan fingerprint density at radius 1 is 1.26 bits per heavy atom. The smallest absolute Gasteiger partial charge is 0.315 e. The fraction of sp³-hybridized carbons (Fsp3) is 0.0714. The molecule has 0 spiro atoms. The minimum absolute atomic E-state index is 0.137. The van der Waals surface area contributed by atoms with Gasteiger partial charge in [-0.2, -0.15) is 10.2 Å². The standard InChI is InChI=1S/C14H12N6O3/c15-13(21)9-18-8-12(20(22)23)14(17-18)10-6-16-19(7-10)11-4-2-1-3-5-11/h1-8H,9H2,(H2,15,21). The van der Waals surface area contributed by atoms with E-state index in [0.717, 1.165) is 10.4 Å². The number of hydrogen-bond donors (Lipinski definition) is 1. The predicted molar refractivity (Wildman–Crippen MR) is 80.6 cm³/mol. The van der Waals surface area contributed by atoms with Crippen molar-refractivity contribution in [3.63, 3.8) is 0 Å². The van der Waals surface area contributed by atoms with E-state index in [1.807, 2.05) is 30.3 Å². The highest BCUT2D eigenvalue weighted by Gasteiger charge is 2.22. The van der Waals surface area contributed by atoms with Gasteiger partial charge in [0.05, 0.1) is 16.8 Å². The van der Waals surface area contributed by atoms with E-state index in [2.05, 4.69) is 10.2 Å². The highest BCUT2D eigenvalue weighted by Crippen LogP contribution is 2.28. The summed E-state index contributed by atoms with van der Waals surface area (Å²) in [6.07, 6.45) is 4.30. The van der Waals surface area contributed by atoms with Crippen LogP contribution in [0.4, 0.5) is 5.69 Å². The Morgan fingerprint density at radius 2 is 2.00 bits per heavy atom. The number of aromatic nitrogens is 4. The van der Waals surface area contributed by atoms with Crippen molar-refractivity contribution < 1.29 is 9.72 Å². The molecule has 0 aliphatic rings. The Bertz CT molecular complexity index is 868. The molecular weight excluding hydrogens is 300 g/mol. The van der Waals surface area contributed by atoms with Gasteiger partial charge in [0.15, 0.2) is 5.69 Å². The number of nitrogens with zero attached hydrogens (tertiary/aromatic N) is 5. The molecule has 116 valence electrons. The summed E-state index contributed by atoms with van der Waals surface area (Å²) in [7, 11) is 0. The molecule has 0 aliphatic heterocycles. The van der Waals surface area contributed by atoms with Gasteiger partial charge in [-0.1, -0.05) is 18.2 Å². The van der Waals surface area contributed by atoms with Crippen LogP contribution in [0.3, 0.4) is 0 Å². The van der Waals surface area contributed by atoms with Crippen LogP contribution in [-0.2, 0) is 11.3 Å². The van der Waals surface area contributed by atoms with E-state index in [-0.39, 0.29) is 17.9 Å². The van der Waals surface area contributed by atoms with Crippen LogP contribution in [0.1, 0.15) is 0 Å². The van der Waals surface area contributed by atoms with Crippen LogP contribution < -0.4 is 5.73 Å². The number of carbonyl (C=O) groups is 1. The average molecular weight is 312 g/mol. The number of hydrogen-bond acceptors (Lipinski definition) is 5. The lowest BCUT2D eigenvalue weighted by Gasteiger charge is -1.98. The van der Waals surface area contributed by atoms with E-state index < -0.39 is 10.8 Å². The molecule has 0 unspecified atom stereocenters. The fourth-order valence-corrected chi connectivity index (χ4v) is 2.16. The summed E-state index contributed by atoms with van der Waals surface area (Å²) < 4.78 is 2.74. The number of rotatable bonds is 5. The van der Waals surface area contributed by atoms with Gasteiger partial charge >= 0.3 is 5.69 Å². The summed E-state index contributed by atoms with van der Waals surface area (Å²) in [5, 5.41) is 19.4. The van der Waals surface area contributed by atoms with Gasteiger partial charge in [-0.15, -0.1) is 0 Å². The number of para-hydroxylation sites is 1. The van der Waals surface area contributed by atoms with Crippen molar-refractivity contribution in [2.75, 3.05) is 0 Å². The van der Waals surface area contributed by atoms with E-state index >= 15 is 0 Å². The topological polar surface area (TPSA) is 122 Å². The third-order valence-corrected chi connectivity index (χ3v) is 3.13. The van der Waals surface area contributed by atoms with E-state index in [1.54, 1.807) is 10.9 Å². The first-order valence-electron chi connectivity index (χ1n) is 6.65. The monoisotopic (exact) mass is 312 g/mol. The zero-order valence-electron chi connectivity index (χ0n) is 11.9. The number of primary amides is 1. The van der Waals surface area contributed by atoms with Crippen LogP contribution >= 0.6 is 0 Å². The van der Waals surface area contributed by atoms with Gasteiger partial charge in [-0.3, -0.25) is 19.6 Å². The zero-order valence-corrected chi connectivity index (χ0v) is 11.9. The van der Waals surface area contributed by atoms with Crippen LogP contribution in [0.5, 0.6) is 0 Å². The summed E-state index contributed by atoms with van der Waals surface area (Å²) in [5.41, 5.74) is 6.31. The normalized spacial score (nSPS) is 10.6. The van der Waals surface area contributed by atoms with Gasteiger partial charge in [-0.05, 0) is 12.1 Å². The summed E-state index contributed by atoms with van der Waals surface area (Å²) in [4.78, 5) is 21.6. The molecule has 2 heterocycles. The molecule has 0 fully saturated rings. The maximum atomic E-state index is 11.2. The molecule has 0 saturated carbocycles. The van der Waals surface area contributed by atoms with Gasteiger partial charge in [0, 0.05) is 11.8 Å². The molecule has 0 atom stereocenters. The summed E-state index contributed by atoms with van der Waals surface area (Å²) in [6.45, 7) is -0.229. The largest absolute Gasteiger partial charge is 0.368 e. The first kappa shape index (κ1) is 14.4. The quantitative estimate of drug-likeness (QED) is 0.559. The Kier molecular flexibility index (Phi) is 3.59. The molecule has 9 nitrogen and oxygen atoms in total. The molecule has 23 heavy (non-hydrogen) atoms. The number of carbonyl (C=O) groups excluding carboxylic acids is 1. The molecule has 0 aliphatic carbocycles. The van der Waals surface area contributed by atoms with Crippen LogP contribution in [0.2, 0.25) is 0 Å². The van der Waals surface area contributed by atoms with Crippen LogP contribution in [-0.4, -0.2) is 30.4 Å². The molecule has 0 bridgehead atoms. The molecule has 2 aromatic heterocycles. The van der Waals surface area contributed by atoms with Crippen molar-refractivity contribution in [1.82, 2.24) is 19.6 Å². The lowest BCUT2D eigenvalue weighted by atomic mass is 10.2. The molecule has 3 aromatic rings. The highest BCUT2D eigenvalue weighted by atomic mass is 16.6. The van der Waals surface area contributed by atoms with Crippen molar-refractivity contribution >= 4 is 11.6 Å². The van der Waals surface area contributed by atoms with Gasteiger partial charge in [0.2, 0.25) is 5.91 Å². The lowest BCUT2D eigenvalue weighted by Crippen LogP contribution is -2.18. The minimum Gasteiger partial charge on any atom is -0.368 e. The van der Waals surface area contributed by atoms with E-state index in [4.69, 9.17) is 5.73 Å². The zero-order chi connectivity index (χ0) is 16.4. The molecular formula is C14H12N6O3. The third kappa shape index (κ3) is 2.93. The first-order chi connectivity index (χ1) is 11.0. The average Bonchev–Trinajstić information content (AvgIpc) is 3.14. The maximum Gasteiger partial charge on any atom is 0.315 e. The van der Waals surface area contributed by atoms with Gasteiger partial charge in [0.25, 0.3) is 0 Å². The SMILES string of the molecule is NC(=O)Cn1cc([N+](=O)[O-])c(-c2cnn(-c3ccccc3)c2)n1. The molecule has 0 saturated heterocycles. The minimum atomic E-state index is -0.631. The Hall–Kier alpha value is -3.49. The van der Waals surface area contributed by atoms with Crippen LogP contribution in [0.25, 0.3) is 16.9 Å². The number of benzene rings is 1. The highest BCUT2D eigenvalue weighted by molar-refractivity contribution is 5.74. The van der Waals surface area contributed by atoms with Crippen molar-refractivity contribution in [3.8, 4) is 16.9 Å². The van der Waals surface area contributed by atoms with Crippen molar-refractivity contribution in [2.24, 2.45) is 5.73 Å². The van der Waals surface area contributed by atoms with E-state index in [0.29, 0.717) is 5.56 Å². The second kappa shape index (κ2) is 5.72. The molecule has 1 aromatic carbocycles. The van der Waals surface area contributed by atoms with E-state index in [1.165, 1.54) is 12.4 Å². The second-order valence-corrected chi connectivity index (χ2v) is 4.79. The summed E-state index contributed by atoms with van der Waals surface area (Å²) in [5.74, 6) is -0.631. The third-order valence-electron chi connectivity index (χ3n) is 3.13. The summed E-state index contributed by atoms with van der Waals surface area (Å²) >= 11 is 0. The molecule has 2 N–H and O–H groups in total. The Labute approximate surface area is 130 Å². The molecule has 9 heteroatoms. The first-order valence-corrected chi connectivity index (χ1v) is 6.65. The fourth-order valence-electron chi connectivity index (χ4n) is 2.16. The second-order valence-electron chi connectivity index (χ2n) is 4.79.